The molecule has 0 aromatic heterocycles. The van der Waals surface area contributed by atoms with E-state index < -0.39 is 17.8 Å². The van der Waals surface area contributed by atoms with E-state index in [1.165, 1.54) is 23.2 Å². The molecule has 1 aliphatic rings. The third kappa shape index (κ3) is 3.16. The summed E-state index contributed by atoms with van der Waals surface area (Å²) in [7, 11) is 0. The van der Waals surface area contributed by atoms with Crippen LogP contribution in [0.3, 0.4) is 0 Å². The van der Waals surface area contributed by atoms with Crippen LogP contribution in [0.2, 0.25) is 0 Å². The van der Waals surface area contributed by atoms with Crippen LogP contribution in [0.4, 0.5) is 5.69 Å². The quantitative estimate of drug-likeness (QED) is 0.442. The van der Waals surface area contributed by atoms with Crippen molar-refractivity contribution in [3.8, 4) is 0 Å². The molecule has 1 aliphatic heterocycles. The van der Waals surface area contributed by atoms with Crippen molar-refractivity contribution in [2.75, 3.05) is 5.01 Å². The van der Waals surface area contributed by atoms with Crippen LogP contribution in [0.1, 0.15) is 15.9 Å². The van der Waals surface area contributed by atoms with E-state index >= 15 is 0 Å². The molecular weight excluding hydrogens is 423 g/mol. The summed E-state index contributed by atoms with van der Waals surface area (Å²) < 4.78 is 1.01. The maximum absolute atomic E-state index is 12.5. The molecule has 2 N–H and O–H groups in total. The van der Waals surface area contributed by atoms with Crippen LogP contribution in [-0.2, 0) is 9.59 Å². The zero-order chi connectivity index (χ0) is 17.3. The Morgan fingerprint density at radius 3 is 2.50 bits per heavy atom. The van der Waals surface area contributed by atoms with E-state index in [-0.39, 0.29) is 11.1 Å². The summed E-state index contributed by atoms with van der Waals surface area (Å²) in [6.07, 6.45) is 1.39. The number of nitrogens with zero attached hydrogens (tertiary/aromatic N) is 1. The number of rotatable bonds is 3. The van der Waals surface area contributed by atoms with E-state index in [0.717, 1.165) is 3.57 Å². The van der Waals surface area contributed by atoms with Gasteiger partial charge in [0.05, 0.1) is 11.3 Å². The van der Waals surface area contributed by atoms with Gasteiger partial charge in [-0.05, 0) is 70.6 Å². The van der Waals surface area contributed by atoms with Crippen molar-refractivity contribution in [2.24, 2.45) is 0 Å². The topological polar surface area (TPSA) is 86.7 Å². The lowest BCUT2D eigenvalue weighted by atomic mass is 10.1. The Morgan fingerprint density at radius 2 is 1.83 bits per heavy atom. The van der Waals surface area contributed by atoms with Crippen LogP contribution in [0.5, 0.6) is 0 Å². The second-order valence-electron chi connectivity index (χ2n) is 5.05. The highest BCUT2D eigenvalue weighted by Crippen LogP contribution is 2.22. The second-order valence-corrected chi connectivity index (χ2v) is 6.29. The lowest BCUT2D eigenvalue weighted by molar-refractivity contribution is -0.117. The summed E-state index contributed by atoms with van der Waals surface area (Å²) in [6.45, 7) is 0. The number of carbonyl (C=O) groups excluding carboxylic acids is 2. The number of nitrogens with one attached hydrogen (secondary N) is 1. The molecule has 0 bridgehead atoms. The van der Waals surface area contributed by atoms with E-state index in [1.54, 1.807) is 24.3 Å². The van der Waals surface area contributed by atoms with Gasteiger partial charge in [-0.2, -0.15) is 0 Å². The molecule has 0 aliphatic carbocycles. The Labute approximate surface area is 150 Å². The SMILES string of the molecule is O=C1NN(c2ccc(I)cc2)C(=O)C1=Cc1cccc(C(=O)O)c1. The number of aromatic carboxylic acids is 1. The molecule has 6 nitrogen and oxygen atoms in total. The number of hydrazine groups is 1. The van der Waals surface area contributed by atoms with Crippen LogP contribution in [0.25, 0.3) is 6.08 Å². The summed E-state index contributed by atoms with van der Waals surface area (Å²) in [5.74, 6) is -2.08. The van der Waals surface area contributed by atoms with Crippen molar-refractivity contribution in [3.05, 3.63) is 68.8 Å². The summed E-state index contributed by atoms with van der Waals surface area (Å²) in [6, 6.07) is 13.2. The molecule has 1 saturated heterocycles. The first-order valence-electron chi connectivity index (χ1n) is 6.92. The zero-order valence-electron chi connectivity index (χ0n) is 12.2. The van der Waals surface area contributed by atoms with Gasteiger partial charge in [-0.25, -0.2) is 9.80 Å². The molecule has 1 heterocycles. The number of carboxylic acid groups (broad SMARTS) is 1. The largest absolute Gasteiger partial charge is 0.478 e. The van der Waals surface area contributed by atoms with Gasteiger partial charge in [0.2, 0.25) is 0 Å². The molecule has 0 atom stereocenters. The Balaban J connectivity index is 1.93. The highest BCUT2D eigenvalue weighted by molar-refractivity contribution is 14.1. The number of hydrogen-bond donors (Lipinski definition) is 2. The first kappa shape index (κ1) is 16.2. The molecule has 24 heavy (non-hydrogen) atoms. The number of anilines is 1. The standard InChI is InChI=1S/C17H11IN2O4/c18-12-4-6-13(7-5-12)20-16(22)14(15(21)19-20)9-10-2-1-3-11(8-10)17(23)24/h1-9H,(H,19,21)(H,23,24). The lowest BCUT2D eigenvalue weighted by Gasteiger charge is -2.14. The van der Waals surface area contributed by atoms with Crippen LogP contribution < -0.4 is 10.4 Å². The summed E-state index contributed by atoms with van der Waals surface area (Å²) >= 11 is 2.15. The van der Waals surface area contributed by atoms with Gasteiger partial charge < -0.3 is 5.11 Å². The van der Waals surface area contributed by atoms with E-state index in [4.69, 9.17) is 5.11 Å². The van der Waals surface area contributed by atoms with E-state index in [9.17, 15) is 14.4 Å². The predicted molar refractivity (Wildman–Crippen MR) is 96.2 cm³/mol. The van der Waals surface area contributed by atoms with Crippen molar-refractivity contribution < 1.29 is 19.5 Å². The van der Waals surface area contributed by atoms with Crippen molar-refractivity contribution >= 4 is 52.1 Å². The van der Waals surface area contributed by atoms with E-state index in [0.29, 0.717) is 11.3 Å². The fourth-order valence-corrected chi connectivity index (χ4v) is 2.62. The van der Waals surface area contributed by atoms with Crippen molar-refractivity contribution in [3.63, 3.8) is 0 Å². The summed E-state index contributed by atoms with van der Waals surface area (Å²) in [5, 5.41) is 10.2. The Hall–Kier alpha value is -2.68. The summed E-state index contributed by atoms with van der Waals surface area (Å²) in [5.41, 5.74) is 3.57. The van der Waals surface area contributed by atoms with E-state index in [2.05, 4.69) is 28.0 Å². The monoisotopic (exact) mass is 434 g/mol. The number of halogens is 1. The number of carbonyl (C=O) groups is 3. The smallest absolute Gasteiger partial charge is 0.335 e. The molecule has 3 rings (SSSR count). The third-order valence-electron chi connectivity index (χ3n) is 3.42. The molecule has 0 radical (unpaired) electrons. The molecule has 0 unspecified atom stereocenters. The number of benzene rings is 2. The molecule has 2 amide bonds. The number of hydrogen-bond acceptors (Lipinski definition) is 3. The highest BCUT2D eigenvalue weighted by Gasteiger charge is 2.34. The fraction of sp³-hybridized carbons (Fsp3) is 0. The van der Waals surface area contributed by atoms with Crippen molar-refractivity contribution in [2.45, 2.75) is 0 Å². The molecule has 2 aromatic carbocycles. The van der Waals surface area contributed by atoms with Crippen LogP contribution in [0, 0.1) is 3.57 Å². The zero-order valence-corrected chi connectivity index (χ0v) is 14.4. The average Bonchev–Trinajstić information content (AvgIpc) is 2.84. The first-order valence-corrected chi connectivity index (χ1v) is 7.99. The van der Waals surface area contributed by atoms with Crippen LogP contribution in [-0.4, -0.2) is 22.9 Å². The first-order chi connectivity index (χ1) is 11.5. The minimum atomic E-state index is -1.07. The normalized spacial score (nSPS) is 15.7. The predicted octanol–water partition coefficient (Wildman–Crippen LogP) is 2.45. The maximum atomic E-state index is 12.5. The molecule has 2 aromatic rings. The van der Waals surface area contributed by atoms with Gasteiger partial charge in [-0.3, -0.25) is 15.0 Å². The Morgan fingerprint density at radius 1 is 1.12 bits per heavy atom. The van der Waals surface area contributed by atoms with Gasteiger partial charge >= 0.3 is 5.97 Å². The summed E-state index contributed by atoms with van der Waals surface area (Å²) in [4.78, 5) is 35.6. The molecule has 120 valence electrons. The van der Waals surface area contributed by atoms with Gasteiger partial charge in [0, 0.05) is 3.57 Å². The minimum Gasteiger partial charge on any atom is -0.478 e. The Kier molecular flexibility index (Phi) is 4.34. The molecular formula is C17H11IN2O4. The Bertz CT molecular complexity index is 874. The van der Waals surface area contributed by atoms with Gasteiger partial charge in [0.1, 0.15) is 5.57 Å². The number of amides is 2. The maximum Gasteiger partial charge on any atom is 0.335 e. The van der Waals surface area contributed by atoms with E-state index in [1.807, 2.05) is 12.1 Å². The fourth-order valence-electron chi connectivity index (χ4n) is 2.26. The average molecular weight is 434 g/mol. The molecule has 1 fully saturated rings. The molecule has 7 heteroatoms. The van der Waals surface area contributed by atoms with Crippen LogP contribution >= 0.6 is 22.6 Å². The van der Waals surface area contributed by atoms with Crippen molar-refractivity contribution in [1.82, 2.24) is 5.43 Å². The third-order valence-corrected chi connectivity index (χ3v) is 4.14. The van der Waals surface area contributed by atoms with Gasteiger partial charge in [-0.1, -0.05) is 12.1 Å². The molecule has 0 saturated carbocycles. The van der Waals surface area contributed by atoms with Gasteiger partial charge in [0.15, 0.2) is 0 Å². The number of carboxylic acids is 1. The van der Waals surface area contributed by atoms with Gasteiger partial charge in [0.25, 0.3) is 11.8 Å². The minimum absolute atomic E-state index is 0.0453. The molecule has 0 spiro atoms. The highest BCUT2D eigenvalue weighted by atomic mass is 127. The lowest BCUT2D eigenvalue weighted by Crippen LogP contribution is -2.35. The van der Waals surface area contributed by atoms with Crippen LogP contribution in [0.15, 0.2) is 54.1 Å². The second kappa shape index (κ2) is 6.44. The van der Waals surface area contributed by atoms with Crippen molar-refractivity contribution in [1.29, 1.82) is 0 Å². The van der Waals surface area contributed by atoms with Gasteiger partial charge in [-0.15, -0.1) is 0 Å².